The number of anilines is 1. The Morgan fingerprint density at radius 3 is 2.70 bits per heavy atom. The maximum atomic E-state index is 11.0. The number of nitrogens with one attached hydrogen (secondary N) is 3. The fourth-order valence-electron chi connectivity index (χ4n) is 3.64. The molecule has 27 heavy (non-hydrogen) atoms. The molecule has 5 heteroatoms. The third-order valence-corrected chi connectivity index (χ3v) is 4.99. The number of allylic oxidation sites excluding steroid dienone is 1. The van der Waals surface area contributed by atoms with Crippen molar-refractivity contribution in [1.29, 1.82) is 0 Å². The van der Waals surface area contributed by atoms with Crippen LogP contribution in [0.1, 0.15) is 47.0 Å². The number of aromatic amines is 1. The van der Waals surface area contributed by atoms with Gasteiger partial charge in [0.1, 0.15) is 0 Å². The van der Waals surface area contributed by atoms with Gasteiger partial charge in [0.05, 0.1) is 0 Å². The molecule has 0 atom stereocenters. The Hall–Kier alpha value is -2.37. The first-order chi connectivity index (χ1) is 13.0. The fourth-order valence-corrected chi connectivity index (χ4v) is 3.64. The Balaban J connectivity index is 2.43. The van der Waals surface area contributed by atoms with E-state index in [1.807, 2.05) is 32.2 Å². The van der Waals surface area contributed by atoms with E-state index in [0.29, 0.717) is 12.8 Å². The first kappa shape index (κ1) is 20.9. The molecule has 0 aliphatic carbocycles. The minimum atomic E-state index is 0.0705. The summed E-state index contributed by atoms with van der Waals surface area (Å²) in [6.45, 7) is 7.39. The summed E-state index contributed by atoms with van der Waals surface area (Å²) in [5.74, 6) is 0. The minimum absolute atomic E-state index is 0.0705. The highest BCUT2D eigenvalue weighted by Crippen LogP contribution is 2.31. The minimum Gasteiger partial charge on any atom is -0.396 e. The SMILES string of the molecule is CNCCCc1c(C)[nH]c(/C=C(\C)c2c(CCO)cccc2NC=O)c1C. The Morgan fingerprint density at radius 2 is 2.04 bits per heavy atom. The number of amides is 1. The number of rotatable bonds is 10. The van der Waals surface area contributed by atoms with Crippen LogP contribution in [0.3, 0.4) is 0 Å². The molecule has 0 fully saturated rings. The Kier molecular flexibility index (Phi) is 7.82. The fraction of sp³-hybridized carbons (Fsp3) is 0.409. The molecule has 0 radical (unpaired) electrons. The maximum absolute atomic E-state index is 11.0. The van der Waals surface area contributed by atoms with E-state index in [9.17, 15) is 9.90 Å². The van der Waals surface area contributed by atoms with Gasteiger partial charge in [0, 0.05) is 29.2 Å². The molecule has 5 nitrogen and oxygen atoms in total. The molecule has 4 N–H and O–H groups in total. The van der Waals surface area contributed by atoms with Gasteiger partial charge in [-0.25, -0.2) is 0 Å². The maximum Gasteiger partial charge on any atom is 0.211 e. The third kappa shape index (κ3) is 5.08. The highest BCUT2D eigenvalue weighted by molar-refractivity contribution is 5.90. The molecule has 1 heterocycles. The van der Waals surface area contributed by atoms with Crippen molar-refractivity contribution in [3.8, 4) is 0 Å². The quantitative estimate of drug-likeness (QED) is 0.383. The molecule has 146 valence electrons. The molecule has 2 aromatic rings. The van der Waals surface area contributed by atoms with Crippen LogP contribution >= 0.6 is 0 Å². The van der Waals surface area contributed by atoms with Gasteiger partial charge >= 0.3 is 0 Å². The summed E-state index contributed by atoms with van der Waals surface area (Å²) in [4.78, 5) is 14.5. The van der Waals surface area contributed by atoms with Crippen molar-refractivity contribution in [3.63, 3.8) is 0 Å². The zero-order valence-electron chi connectivity index (χ0n) is 16.8. The smallest absolute Gasteiger partial charge is 0.211 e. The van der Waals surface area contributed by atoms with Gasteiger partial charge in [-0.15, -0.1) is 0 Å². The van der Waals surface area contributed by atoms with Gasteiger partial charge in [-0.2, -0.15) is 0 Å². The Morgan fingerprint density at radius 1 is 1.26 bits per heavy atom. The van der Waals surface area contributed by atoms with E-state index < -0.39 is 0 Å². The molecule has 0 spiro atoms. The second kappa shape index (κ2) is 10.1. The Bertz CT molecular complexity index is 806. The van der Waals surface area contributed by atoms with Gasteiger partial charge in [0.15, 0.2) is 0 Å². The van der Waals surface area contributed by atoms with Crippen molar-refractivity contribution >= 4 is 23.7 Å². The van der Waals surface area contributed by atoms with Crippen LogP contribution in [0.4, 0.5) is 5.69 Å². The van der Waals surface area contributed by atoms with Gasteiger partial charge in [0.25, 0.3) is 0 Å². The molecule has 1 aromatic carbocycles. The molecule has 1 amide bonds. The van der Waals surface area contributed by atoms with Crippen LogP contribution in [0.2, 0.25) is 0 Å². The summed E-state index contributed by atoms with van der Waals surface area (Å²) in [7, 11) is 1.98. The summed E-state index contributed by atoms with van der Waals surface area (Å²) in [6.07, 6.45) is 5.52. The van der Waals surface area contributed by atoms with E-state index >= 15 is 0 Å². The second-order valence-corrected chi connectivity index (χ2v) is 6.88. The van der Waals surface area contributed by atoms with Crippen LogP contribution in [0, 0.1) is 13.8 Å². The molecule has 1 aromatic heterocycles. The van der Waals surface area contributed by atoms with Crippen LogP contribution in [-0.4, -0.2) is 36.7 Å². The molecular weight excluding hydrogens is 338 g/mol. The lowest BCUT2D eigenvalue weighted by molar-refractivity contribution is -0.105. The van der Waals surface area contributed by atoms with E-state index in [1.54, 1.807) is 0 Å². The van der Waals surface area contributed by atoms with E-state index in [-0.39, 0.29) is 6.61 Å². The summed E-state index contributed by atoms with van der Waals surface area (Å²) in [5, 5.41) is 15.4. The van der Waals surface area contributed by atoms with Crippen molar-refractivity contribution in [1.82, 2.24) is 10.3 Å². The molecule has 2 rings (SSSR count). The number of carbonyl (C=O) groups is 1. The second-order valence-electron chi connectivity index (χ2n) is 6.88. The van der Waals surface area contributed by atoms with E-state index in [2.05, 4.69) is 35.5 Å². The number of aromatic nitrogens is 1. The average Bonchev–Trinajstić information content (AvgIpc) is 2.90. The van der Waals surface area contributed by atoms with Crippen LogP contribution < -0.4 is 10.6 Å². The topological polar surface area (TPSA) is 77.2 Å². The molecular formula is C22H31N3O2. The zero-order valence-corrected chi connectivity index (χ0v) is 16.8. The van der Waals surface area contributed by atoms with E-state index in [4.69, 9.17) is 0 Å². The van der Waals surface area contributed by atoms with Crippen LogP contribution in [0.5, 0.6) is 0 Å². The molecule has 0 bridgehead atoms. The van der Waals surface area contributed by atoms with Crippen molar-refractivity contribution in [2.24, 2.45) is 0 Å². The lowest BCUT2D eigenvalue weighted by Crippen LogP contribution is -2.08. The number of aliphatic hydroxyl groups excluding tert-OH is 1. The normalized spacial score (nSPS) is 11.7. The zero-order chi connectivity index (χ0) is 19.8. The number of aliphatic hydroxyl groups is 1. The number of aryl methyl sites for hydroxylation is 1. The van der Waals surface area contributed by atoms with Gasteiger partial charge in [-0.05, 0) is 88.0 Å². The highest BCUT2D eigenvalue weighted by atomic mass is 16.3. The molecule has 0 aliphatic rings. The number of benzene rings is 1. The van der Waals surface area contributed by atoms with Crippen molar-refractivity contribution < 1.29 is 9.90 Å². The van der Waals surface area contributed by atoms with Gasteiger partial charge in [-0.3, -0.25) is 4.79 Å². The largest absolute Gasteiger partial charge is 0.396 e. The van der Waals surface area contributed by atoms with E-state index in [1.165, 1.54) is 16.8 Å². The predicted octanol–water partition coefficient (Wildman–Crippen LogP) is 3.45. The van der Waals surface area contributed by atoms with Gasteiger partial charge in [-0.1, -0.05) is 12.1 Å². The lowest BCUT2D eigenvalue weighted by atomic mass is 9.95. The number of carbonyl (C=O) groups excluding carboxylic acids is 1. The van der Waals surface area contributed by atoms with Crippen LogP contribution in [0.25, 0.3) is 11.6 Å². The number of H-pyrrole nitrogens is 1. The third-order valence-electron chi connectivity index (χ3n) is 4.99. The van der Waals surface area contributed by atoms with Crippen LogP contribution in [0.15, 0.2) is 18.2 Å². The van der Waals surface area contributed by atoms with Crippen molar-refractivity contribution in [3.05, 3.63) is 51.8 Å². The average molecular weight is 370 g/mol. The van der Waals surface area contributed by atoms with Crippen molar-refractivity contribution in [2.45, 2.75) is 40.0 Å². The monoisotopic (exact) mass is 369 g/mol. The molecule has 0 saturated carbocycles. The highest BCUT2D eigenvalue weighted by Gasteiger charge is 2.13. The first-order valence-corrected chi connectivity index (χ1v) is 9.47. The summed E-state index contributed by atoms with van der Waals surface area (Å²) >= 11 is 0. The van der Waals surface area contributed by atoms with Gasteiger partial charge in [0.2, 0.25) is 6.41 Å². The summed E-state index contributed by atoms with van der Waals surface area (Å²) in [6, 6.07) is 5.78. The lowest BCUT2D eigenvalue weighted by Gasteiger charge is -2.14. The van der Waals surface area contributed by atoms with E-state index in [0.717, 1.165) is 47.5 Å². The number of hydrogen-bond acceptors (Lipinski definition) is 3. The van der Waals surface area contributed by atoms with Crippen molar-refractivity contribution in [2.75, 3.05) is 25.5 Å². The van der Waals surface area contributed by atoms with Crippen LogP contribution in [-0.2, 0) is 17.6 Å². The van der Waals surface area contributed by atoms with Gasteiger partial charge < -0.3 is 20.7 Å². The predicted molar refractivity (Wildman–Crippen MR) is 113 cm³/mol. The first-order valence-electron chi connectivity index (χ1n) is 9.47. The standard InChI is InChI=1S/C22H31N3O2/c1-15(22-18(10-12-26)7-5-9-20(22)24-14-27)13-21-16(2)19(17(3)25-21)8-6-11-23-4/h5,7,9,13-14,23,25-26H,6,8,10-12H2,1-4H3,(H,24,27)/b15-13+. The molecule has 0 unspecified atom stereocenters. The Labute approximate surface area is 161 Å². The number of hydrogen-bond donors (Lipinski definition) is 4. The summed E-state index contributed by atoms with van der Waals surface area (Å²) in [5.41, 5.74) is 8.76. The molecule has 0 aliphatic heterocycles. The summed E-state index contributed by atoms with van der Waals surface area (Å²) < 4.78 is 0. The molecule has 0 saturated heterocycles.